The number of thioether (sulfide) groups is 1. The predicted molar refractivity (Wildman–Crippen MR) is 266 cm³/mol. The molecule has 2 aliphatic heterocycles. The van der Waals surface area contributed by atoms with E-state index in [4.69, 9.17) is 17.3 Å². The number of pyridine rings is 1. The maximum Gasteiger partial charge on any atom is 0.341 e. The molecule has 74 heavy (non-hydrogen) atoms. The maximum absolute atomic E-state index is 16.1. The van der Waals surface area contributed by atoms with Crippen molar-refractivity contribution in [1.82, 2.24) is 24.9 Å². The van der Waals surface area contributed by atoms with Gasteiger partial charge < -0.3 is 16.0 Å². The first-order valence-electron chi connectivity index (χ1n) is 23.0. The molecule has 0 radical (unpaired) electrons. The van der Waals surface area contributed by atoms with Crippen molar-refractivity contribution in [1.29, 1.82) is 5.26 Å². The number of hydrazone groups is 1. The summed E-state index contributed by atoms with van der Waals surface area (Å²) in [6, 6.07) is 19.0. The van der Waals surface area contributed by atoms with Crippen molar-refractivity contribution in [2.24, 2.45) is 10.8 Å². The first kappa shape index (κ1) is 53.3. The van der Waals surface area contributed by atoms with Crippen LogP contribution in [0.2, 0.25) is 5.02 Å². The standard InChI is InChI=1S/C50H46ClF5N10O6S2/c1-63(48(70)66-50(17-7-18-57,31-8-3-2-4-9-31)73-46(62-66)38-25-32(52)12-13-40(38)54)21-20-60-74(71,72)36-24-33(53)23-35(26-36)64(47(69)41-14-15-43(67)65(41)42-22-30(29-58)16-19-59-42)44(37-10-5-6-11-39(37)51)45(68)61-34-27-49(55,56)28-34/h2-6,8-13,16,19,22-26,34,41,44,60H,7,14-15,17-18,20-21,27-28,57H2,1H3,(H,61,68)/t41-,44+,50?/m0/s1. The molecule has 5 aromatic rings. The second-order valence-electron chi connectivity index (χ2n) is 17.7. The van der Waals surface area contributed by atoms with Gasteiger partial charge in [-0.15, -0.1) is 0 Å². The highest BCUT2D eigenvalue weighted by Gasteiger charge is 2.51. The van der Waals surface area contributed by atoms with Gasteiger partial charge in [-0.1, -0.05) is 71.9 Å². The molecule has 2 fully saturated rings. The molecular formula is C50H46ClF5N10O6S2. The van der Waals surface area contributed by atoms with Crippen molar-refractivity contribution in [3.8, 4) is 6.07 Å². The number of sulfonamides is 1. The number of nitriles is 1. The van der Waals surface area contributed by atoms with E-state index in [0.29, 0.717) is 18.1 Å². The lowest BCUT2D eigenvalue weighted by molar-refractivity contribution is -0.133. The molecule has 4 N–H and O–H groups in total. The second kappa shape index (κ2) is 21.9. The Bertz CT molecular complexity index is 3180. The zero-order valence-corrected chi connectivity index (χ0v) is 41.6. The van der Waals surface area contributed by atoms with Crippen molar-refractivity contribution in [2.75, 3.05) is 36.5 Å². The fraction of sp³-hybridized carbons (Fsp3) is 0.300. The number of amides is 5. The lowest BCUT2D eigenvalue weighted by Crippen LogP contribution is -2.56. The molecule has 16 nitrogen and oxygen atoms in total. The van der Waals surface area contributed by atoms with E-state index in [9.17, 15) is 41.2 Å². The number of nitrogens with one attached hydrogen (secondary N) is 2. The average Bonchev–Trinajstić information content (AvgIpc) is 3.96. The fourth-order valence-corrected chi connectivity index (χ4v) is 11.7. The molecule has 386 valence electrons. The van der Waals surface area contributed by atoms with Gasteiger partial charge >= 0.3 is 6.03 Å². The summed E-state index contributed by atoms with van der Waals surface area (Å²) in [5.41, 5.74) is 5.82. The number of carbonyl (C=O) groups is 4. The molecule has 24 heteroatoms. The summed E-state index contributed by atoms with van der Waals surface area (Å²) >= 11 is 7.70. The molecule has 1 saturated carbocycles. The molecular weight excluding hydrogens is 1030 g/mol. The van der Waals surface area contributed by atoms with Gasteiger partial charge in [0, 0.05) is 73.5 Å². The normalized spacial score (nSPS) is 18.8. The summed E-state index contributed by atoms with van der Waals surface area (Å²) < 4.78 is 105. The van der Waals surface area contributed by atoms with Gasteiger partial charge in [0.2, 0.25) is 21.8 Å². The molecule has 1 unspecified atom stereocenters. The molecule has 4 aromatic carbocycles. The third-order valence-electron chi connectivity index (χ3n) is 12.6. The Morgan fingerprint density at radius 2 is 1.72 bits per heavy atom. The Kier molecular flexibility index (Phi) is 15.8. The largest absolute Gasteiger partial charge is 0.351 e. The number of benzene rings is 4. The zero-order chi connectivity index (χ0) is 53.1. The van der Waals surface area contributed by atoms with E-state index in [1.165, 1.54) is 49.6 Å². The molecule has 5 amide bonds. The number of nitrogens with two attached hydrogens (primary N) is 1. The van der Waals surface area contributed by atoms with Gasteiger partial charge in [0.05, 0.1) is 16.5 Å². The summed E-state index contributed by atoms with van der Waals surface area (Å²) in [6.45, 7) is -0.634. The van der Waals surface area contributed by atoms with Crippen LogP contribution in [0, 0.1) is 28.8 Å². The van der Waals surface area contributed by atoms with Crippen molar-refractivity contribution < 1.29 is 49.5 Å². The number of alkyl halides is 2. The van der Waals surface area contributed by atoms with E-state index in [-0.39, 0.29) is 64.9 Å². The molecule has 3 heterocycles. The van der Waals surface area contributed by atoms with Gasteiger partial charge in [0.25, 0.3) is 11.8 Å². The Balaban J connectivity index is 1.12. The Morgan fingerprint density at radius 3 is 2.42 bits per heavy atom. The van der Waals surface area contributed by atoms with Crippen molar-refractivity contribution in [3.05, 3.63) is 154 Å². The zero-order valence-electron chi connectivity index (χ0n) is 39.2. The van der Waals surface area contributed by atoms with E-state index < -0.39 is 110 Å². The number of carbonyl (C=O) groups excluding carboxylic acids is 4. The van der Waals surface area contributed by atoms with Gasteiger partial charge in [-0.25, -0.2) is 44.9 Å². The van der Waals surface area contributed by atoms with Crippen LogP contribution in [0.15, 0.2) is 119 Å². The quantitative estimate of drug-likeness (QED) is 0.0778. The average molecular weight is 1080 g/mol. The second-order valence-corrected chi connectivity index (χ2v) is 21.1. The van der Waals surface area contributed by atoms with E-state index in [0.717, 1.165) is 61.8 Å². The highest BCUT2D eigenvalue weighted by atomic mass is 35.5. The number of urea groups is 1. The van der Waals surface area contributed by atoms with Crippen LogP contribution in [0.5, 0.6) is 0 Å². The number of likely N-dealkylation sites (N-methyl/N-ethyl adjacent to an activating group) is 1. The summed E-state index contributed by atoms with van der Waals surface area (Å²) in [7, 11) is -3.43. The molecule has 3 aliphatic rings. The van der Waals surface area contributed by atoms with Gasteiger partial charge in [-0.3, -0.25) is 24.2 Å². The molecule has 1 aliphatic carbocycles. The number of nitrogens with zero attached hydrogens (tertiary/aromatic N) is 7. The lowest BCUT2D eigenvalue weighted by atomic mass is 9.87. The van der Waals surface area contributed by atoms with Crippen LogP contribution >= 0.6 is 23.4 Å². The van der Waals surface area contributed by atoms with Crippen LogP contribution in [0.25, 0.3) is 0 Å². The number of anilines is 2. The molecule has 1 aromatic heterocycles. The number of hydrogen-bond acceptors (Lipinski definition) is 11. The molecule has 8 rings (SSSR count). The molecule has 0 bridgehead atoms. The number of rotatable bonds is 17. The first-order valence-corrected chi connectivity index (χ1v) is 25.7. The van der Waals surface area contributed by atoms with Gasteiger partial charge in [0.1, 0.15) is 45.3 Å². The monoisotopic (exact) mass is 1080 g/mol. The summed E-state index contributed by atoms with van der Waals surface area (Å²) in [5, 5.41) is 17.7. The number of hydrogen-bond donors (Lipinski definition) is 3. The third-order valence-corrected chi connectivity index (χ3v) is 15.8. The van der Waals surface area contributed by atoms with Crippen LogP contribution in [-0.2, 0) is 29.3 Å². The topological polar surface area (TPSA) is 215 Å². The maximum atomic E-state index is 16.1. The molecule has 3 atom stereocenters. The first-order chi connectivity index (χ1) is 35.3. The van der Waals surface area contributed by atoms with E-state index in [2.05, 4.69) is 20.1 Å². The van der Waals surface area contributed by atoms with Crippen LogP contribution < -0.4 is 25.6 Å². The Hall–Kier alpha value is -6.97. The predicted octanol–water partition coefficient (Wildman–Crippen LogP) is 7.54. The minimum atomic E-state index is -4.79. The highest BCUT2D eigenvalue weighted by Crippen LogP contribution is 2.51. The van der Waals surface area contributed by atoms with Crippen molar-refractivity contribution in [3.63, 3.8) is 0 Å². The Labute approximate surface area is 431 Å². The Morgan fingerprint density at radius 1 is 0.986 bits per heavy atom. The highest BCUT2D eigenvalue weighted by molar-refractivity contribution is 8.15. The molecule has 1 saturated heterocycles. The van der Waals surface area contributed by atoms with E-state index in [1.807, 2.05) is 6.07 Å². The van der Waals surface area contributed by atoms with Crippen LogP contribution in [-0.4, -0.2) is 96.8 Å². The number of aromatic nitrogens is 1. The SMILES string of the molecule is CN(CCNS(=O)(=O)c1cc(F)cc(N(C(=O)[C@@H]2CCC(=O)N2c2cc(C#N)ccn2)[C@@H](C(=O)NC2CC(F)(F)C2)c2ccccc2Cl)c1)C(=O)N1N=C(c2cc(F)ccc2F)SC1(CCCN)c1ccccc1. The van der Waals surface area contributed by atoms with Gasteiger partial charge in [-0.2, -0.15) is 15.4 Å². The summed E-state index contributed by atoms with van der Waals surface area (Å²) in [6.07, 6.45) is -0.0391. The van der Waals surface area contributed by atoms with E-state index in [1.54, 1.807) is 30.3 Å². The van der Waals surface area contributed by atoms with E-state index >= 15 is 13.6 Å². The summed E-state index contributed by atoms with van der Waals surface area (Å²) in [4.78, 5) is 62.8. The minimum absolute atomic E-state index is 0.00397. The van der Waals surface area contributed by atoms with Crippen LogP contribution in [0.4, 0.5) is 38.3 Å². The van der Waals surface area contributed by atoms with Crippen LogP contribution in [0.1, 0.15) is 66.8 Å². The summed E-state index contributed by atoms with van der Waals surface area (Å²) in [5.74, 6) is -8.63. The van der Waals surface area contributed by atoms with Gasteiger partial charge in [0.15, 0.2) is 0 Å². The smallest absolute Gasteiger partial charge is 0.341 e. The number of halogens is 6. The molecule has 0 spiro atoms. The van der Waals surface area contributed by atoms with Gasteiger partial charge in [-0.05, 0) is 86.0 Å². The fourth-order valence-electron chi connectivity index (χ4n) is 8.94. The van der Waals surface area contributed by atoms with Crippen molar-refractivity contribution in [2.45, 2.75) is 72.3 Å². The van der Waals surface area contributed by atoms with Crippen LogP contribution in [0.3, 0.4) is 0 Å². The van der Waals surface area contributed by atoms with Crippen molar-refractivity contribution >= 4 is 73.7 Å². The minimum Gasteiger partial charge on any atom is -0.351 e. The third kappa shape index (κ3) is 11.1. The lowest BCUT2D eigenvalue weighted by Gasteiger charge is -2.39.